The van der Waals surface area contributed by atoms with E-state index >= 15 is 0 Å². The van der Waals surface area contributed by atoms with E-state index in [0.29, 0.717) is 0 Å². The van der Waals surface area contributed by atoms with Gasteiger partial charge in [-0.3, -0.25) is 4.55 Å². The first-order valence-corrected chi connectivity index (χ1v) is 4.82. The molecule has 0 radical (unpaired) electrons. The fourth-order valence-electron chi connectivity index (χ4n) is 0.829. The maximum atomic E-state index is 10.4. The molecule has 7 heteroatoms. The van der Waals surface area contributed by atoms with E-state index in [1.54, 1.807) is 12.1 Å². The third kappa shape index (κ3) is 6.42. The van der Waals surface area contributed by atoms with E-state index < -0.39 is 15.9 Å². The van der Waals surface area contributed by atoms with Gasteiger partial charge in [0.15, 0.2) is 0 Å². The van der Waals surface area contributed by atoms with Crippen molar-refractivity contribution in [1.82, 2.24) is 0 Å². The molecule has 0 aliphatic heterocycles. The van der Waals surface area contributed by atoms with Gasteiger partial charge in [-0.25, -0.2) is 0 Å². The van der Waals surface area contributed by atoms with Crippen LogP contribution in [0.15, 0.2) is 24.3 Å². The molecule has 0 aromatic heterocycles. The van der Waals surface area contributed by atoms with Gasteiger partial charge in [0.1, 0.15) is 11.5 Å². The van der Waals surface area contributed by atoms with Crippen molar-refractivity contribution < 1.29 is 80.0 Å². The third-order valence-electron chi connectivity index (χ3n) is 1.33. The smallest absolute Gasteiger partial charge is 1.00 e. The van der Waals surface area contributed by atoms with Gasteiger partial charge in [-0.2, -0.15) is 8.42 Å². The minimum Gasteiger partial charge on any atom is -1.00 e. The molecule has 1 aromatic carbocycles. The van der Waals surface area contributed by atoms with Gasteiger partial charge in [0.25, 0.3) is 10.1 Å². The van der Waals surface area contributed by atoms with Gasteiger partial charge in [0, 0.05) is 5.56 Å². The zero-order valence-corrected chi connectivity index (χ0v) is 13.0. The summed E-state index contributed by atoms with van der Waals surface area (Å²) in [5, 5.41) is 9.10. The van der Waals surface area contributed by atoms with Crippen LogP contribution < -0.4 is 59.1 Å². The molecule has 0 aliphatic rings. The van der Waals surface area contributed by atoms with Crippen molar-refractivity contribution in [2.75, 3.05) is 0 Å². The molecule has 0 fully saturated rings. The third-order valence-corrected chi connectivity index (χ3v) is 2.01. The Hall–Kier alpha value is 0.930. The van der Waals surface area contributed by atoms with Crippen LogP contribution in [-0.4, -0.2) is 18.1 Å². The van der Waals surface area contributed by atoms with Gasteiger partial charge in [-0.1, -0.05) is 18.2 Å². The van der Waals surface area contributed by atoms with Crippen molar-refractivity contribution in [2.45, 2.75) is 5.75 Å². The van der Waals surface area contributed by atoms with Crippen molar-refractivity contribution in [3.8, 4) is 5.75 Å². The molecular formula is C7H10Na2O4S. The molecule has 2 N–H and O–H groups in total. The molecule has 0 bridgehead atoms. The van der Waals surface area contributed by atoms with E-state index in [2.05, 4.69) is 0 Å². The zero-order valence-electron chi connectivity index (χ0n) is 10.1. The van der Waals surface area contributed by atoms with Gasteiger partial charge in [-0.15, -0.1) is 0 Å². The number of phenolic OH excluding ortho intramolecular Hbond substituents is 1. The van der Waals surface area contributed by atoms with Crippen LogP contribution in [0, 0.1) is 0 Å². The number of aromatic hydroxyl groups is 1. The average molecular weight is 236 g/mol. The van der Waals surface area contributed by atoms with Gasteiger partial charge >= 0.3 is 59.1 Å². The zero-order chi connectivity index (χ0) is 9.19. The second-order valence-corrected chi connectivity index (χ2v) is 3.81. The first-order valence-electron chi connectivity index (χ1n) is 3.21. The van der Waals surface area contributed by atoms with Crippen LogP contribution in [-0.2, 0) is 15.9 Å². The van der Waals surface area contributed by atoms with Gasteiger partial charge in [0.2, 0.25) is 0 Å². The summed E-state index contributed by atoms with van der Waals surface area (Å²) in [5.74, 6) is -0.685. The largest absolute Gasteiger partial charge is 1.00 e. The molecule has 0 unspecified atom stereocenters. The van der Waals surface area contributed by atoms with Crippen LogP contribution in [0.4, 0.5) is 0 Å². The van der Waals surface area contributed by atoms with E-state index in [1.165, 1.54) is 12.1 Å². The number of rotatable bonds is 2. The molecule has 0 saturated carbocycles. The molecule has 0 atom stereocenters. The van der Waals surface area contributed by atoms with Crippen LogP contribution in [0.5, 0.6) is 5.75 Å². The average Bonchev–Trinajstić information content (AvgIpc) is 1.91. The van der Waals surface area contributed by atoms with Gasteiger partial charge in [0.05, 0.1) is 0 Å². The quantitative estimate of drug-likeness (QED) is 0.398. The van der Waals surface area contributed by atoms with Gasteiger partial charge in [-0.05, 0) is 6.07 Å². The summed E-state index contributed by atoms with van der Waals surface area (Å²) in [6.45, 7) is 0. The Balaban J connectivity index is -0.000000180. The van der Waals surface area contributed by atoms with E-state index in [4.69, 9.17) is 9.66 Å². The minimum atomic E-state index is -4.06. The van der Waals surface area contributed by atoms with Crippen molar-refractivity contribution in [1.29, 1.82) is 0 Å². The maximum absolute atomic E-state index is 10.4. The predicted octanol–water partition coefficient (Wildman–Crippen LogP) is -4.99. The number of phenols is 1. The summed E-state index contributed by atoms with van der Waals surface area (Å²) < 4.78 is 29.3. The summed E-state index contributed by atoms with van der Waals surface area (Å²) in [6, 6.07) is 5.95. The topological polar surface area (TPSA) is 74.6 Å². The Morgan fingerprint density at radius 3 is 2.14 bits per heavy atom. The van der Waals surface area contributed by atoms with Gasteiger partial charge < -0.3 is 7.96 Å². The Labute approximate surface area is 130 Å². The number of para-hydroxylation sites is 1. The number of benzene rings is 1. The molecule has 4 nitrogen and oxygen atoms in total. The molecule has 1 aromatic rings. The predicted molar refractivity (Wildman–Crippen MR) is 45.6 cm³/mol. The Kier molecular flexibility index (Phi) is 8.97. The van der Waals surface area contributed by atoms with Crippen LogP contribution in [0.2, 0.25) is 0 Å². The molecule has 0 heterocycles. The minimum absolute atomic E-state index is 0. The maximum Gasteiger partial charge on any atom is 1.00 e. The Morgan fingerprint density at radius 2 is 1.71 bits per heavy atom. The fourth-order valence-corrected chi connectivity index (χ4v) is 1.47. The molecule has 0 spiro atoms. The second kappa shape index (κ2) is 7.24. The summed E-state index contributed by atoms with van der Waals surface area (Å²) in [7, 11) is -4.06. The van der Waals surface area contributed by atoms with Crippen LogP contribution >= 0.6 is 0 Å². The van der Waals surface area contributed by atoms with Crippen LogP contribution in [0.3, 0.4) is 0 Å². The number of hydrogen-bond donors (Lipinski definition) is 2. The van der Waals surface area contributed by atoms with E-state index in [-0.39, 0.29) is 73.3 Å². The SMILES string of the molecule is O=S(=O)(O)Cc1ccccc1O.[H-].[H-].[Na+].[Na+]. The van der Waals surface area contributed by atoms with Crippen LogP contribution in [0.25, 0.3) is 0 Å². The monoisotopic (exact) mass is 236 g/mol. The molecule has 0 amide bonds. The van der Waals surface area contributed by atoms with E-state index in [9.17, 15) is 8.42 Å². The van der Waals surface area contributed by atoms with E-state index in [1.807, 2.05) is 0 Å². The van der Waals surface area contributed by atoms with Crippen molar-refractivity contribution in [3.63, 3.8) is 0 Å². The molecule has 0 aliphatic carbocycles. The Bertz CT molecular complexity index is 386. The van der Waals surface area contributed by atoms with Crippen molar-refractivity contribution >= 4 is 10.1 Å². The molecule has 14 heavy (non-hydrogen) atoms. The summed E-state index contributed by atoms with van der Waals surface area (Å²) in [6.07, 6.45) is 0. The van der Waals surface area contributed by atoms with Crippen molar-refractivity contribution in [2.24, 2.45) is 0 Å². The first-order chi connectivity index (χ1) is 5.49. The number of hydrogen-bond acceptors (Lipinski definition) is 3. The van der Waals surface area contributed by atoms with Crippen LogP contribution in [0.1, 0.15) is 8.42 Å². The standard InChI is InChI=1S/C7H8O4S.2Na.2H/c8-7-4-2-1-3-6(7)5-12(9,10)11;;;;/h1-4,8H,5H2,(H,9,10,11);;;;/q;2*+1;2*-1. The molecule has 0 saturated heterocycles. The first kappa shape index (κ1) is 17.3. The summed E-state index contributed by atoms with van der Waals surface area (Å²) >= 11 is 0. The van der Waals surface area contributed by atoms with Crippen molar-refractivity contribution in [3.05, 3.63) is 29.8 Å². The Morgan fingerprint density at radius 1 is 1.21 bits per heavy atom. The molecule has 70 valence electrons. The summed E-state index contributed by atoms with van der Waals surface area (Å²) in [4.78, 5) is 0. The van der Waals surface area contributed by atoms with E-state index in [0.717, 1.165) is 0 Å². The molecule has 1 rings (SSSR count). The summed E-state index contributed by atoms with van der Waals surface area (Å²) in [5.41, 5.74) is 0.194. The molecular weight excluding hydrogens is 226 g/mol. The fraction of sp³-hybridized carbons (Fsp3) is 0.143. The normalized spacial score (nSPS) is 9.79. The second-order valence-electron chi connectivity index (χ2n) is 2.35.